The number of fused-ring (bicyclic) bond motifs is 1. The van der Waals surface area contributed by atoms with E-state index in [1.807, 2.05) is 36.4 Å². The SMILES string of the molecule is CC(=O)N1CC(NC(=O)c2ccc(Cn3c(C(C)C)nc4ccccc43)cc2)C2(C1)C(=O)NC(=O)NC2=O. The van der Waals surface area contributed by atoms with Gasteiger partial charge in [-0.2, -0.15) is 0 Å². The summed E-state index contributed by atoms with van der Waals surface area (Å²) in [6, 6.07) is 13.0. The van der Waals surface area contributed by atoms with Gasteiger partial charge in [0.1, 0.15) is 5.82 Å². The van der Waals surface area contributed by atoms with Gasteiger partial charge in [0.15, 0.2) is 5.41 Å². The second kappa shape index (κ2) is 9.40. The Hall–Kier alpha value is -4.54. The van der Waals surface area contributed by atoms with E-state index in [0.29, 0.717) is 12.1 Å². The molecule has 1 aromatic heterocycles. The molecule has 3 heterocycles. The standard InChI is InChI=1S/C27H28N6O5/c1-15(2)22-28-19-6-4-5-7-20(19)33(22)12-17-8-10-18(11-9-17)23(35)29-21-13-32(16(3)34)14-27(21)24(36)30-26(38)31-25(27)37/h4-11,15,21H,12-14H2,1-3H3,(H,29,35)(H2,30,31,36,37,38). The number of imidazole rings is 1. The summed E-state index contributed by atoms with van der Waals surface area (Å²) in [5.74, 6) is -1.34. The summed E-state index contributed by atoms with van der Waals surface area (Å²) in [7, 11) is 0. The highest BCUT2D eigenvalue weighted by Gasteiger charge is 2.61. The van der Waals surface area contributed by atoms with Crippen LogP contribution < -0.4 is 16.0 Å². The minimum absolute atomic E-state index is 0.0418. The summed E-state index contributed by atoms with van der Waals surface area (Å²) in [6.07, 6.45) is 0. The Morgan fingerprint density at radius 3 is 2.34 bits per heavy atom. The average Bonchev–Trinajstić information content (AvgIpc) is 3.43. The van der Waals surface area contributed by atoms with Crippen LogP contribution in [0.25, 0.3) is 11.0 Å². The molecule has 2 saturated heterocycles. The zero-order valence-electron chi connectivity index (χ0n) is 21.3. The summed E-state index contributed by atoms with van der Waals surface area (Å²) >= 11 is 0. The lowest BCUT2D eigenvalue weighted by atomic mass is 9.79. The number of rotatable bonds is 5. The first-order valence-electron chi connectivity index (χ1n) is 12.4. The number of hydrogen-bond donors (Lipinski definition) is 3. The molecule has 196 valence electrons. The number of carbonyl (C=O) groups is 5. The summed E-state index contributed by atoms with van der Waals surface area (Å²) < 4.78 is 2.16. The predicted octanol–water partition coefficient (Wildman–Crippen LogP) is 1.52. The average molecular weight is 517 g/mol. The van der Waals surface area contributed by atoms with Crippen LogP contribution in [0.3, 0.4) is 0 Å². The van der Waals surface area contributed by atoms with Crippen LogP contribution in [0.5, 0.6) is 0 Å². The first-order valence-corrected chi connectivity index (χ1v) is 12.4. The number of nitrogens with zero attached hydrogens (tertiary/aromatic N) is 3. The predicted molar refractivity (Wildman–Crippen MR) is 137 cm³/mol. The number of nitrogens with one attached hydrogen (secondary N) is 3. The molecule has 3 aromatic rings. The highest BCUT2D eigenvalue weighted by atomic mass is 16.2. The Morgan fingerprint density at radius 2 is 1.71 bits per heavy atom. The number of aromatic nitrogens is 2. The van der Waals surface area contributed by atoms with Gasteiger partial charge in [-0.15, -0.1) is 0 Å². The van der Waals surface area contributed by atoms with Gasteiger partial charge in [-0.05, 0) is 29.8 Å². The molecule has 0 radical (unpaired) electrons. The minimum atomic E-state index is -1.80. The van der Waals surface area contributed by atoms with Crippen molar-refractivity contribution in [3.63, 3.8) is 0 Å². The minimum Gasteiger partial charge on any atom is -0.346 e. The Kier molecular flexibility index (Phi) is 6.22. The van der Waals surface area contributed by atoms with E-state index < -0.39 is 35.2 Å². The molecule has 0 saturated carbocycles. The molecule has 0 aliphatic carbocycles. The normalized spacial score (nSPS) is 18.7. The topological polar surface area (TPSA) is 142 Å². The van der Waals surface area contributed by atoms with Crippen molar-refractivity contribution in [3.8, 4) is 0 Å². The Morgan fingerprint density at radius 1 is 1.05 bits per heavy atom. The van der Waals surface area contributed by atoms with Gasteiger partial charge in [0.05, 0.1) is 17.1 Å². The number of imide groups is 2. The van der Waals surface area contributed by atoms with E-state index in [9.17, 15) is 24.0 Å². The van der Waals surface area contributed by atoms with Crippen molar-refractivity contribution in [1.82, 2.24) is 30.4 Å². The van der Waals surface area contributed by atoms with Crippen LogP contribution in [0.15, 0.2) is 48.5 Å². The molecule has 11 nitrogen and oxygen atoms in total. The van der Waals surface area contributed by atoms with Crippen molar-refractivity contribution in [2.24, 2.45) is 5.41 Å². The molecule has 2 aromatic carbocycles. The molecule has 3 N–H and O–H groups in total. The van der Waals surface area contributed by atoms with E-state index in [0.717, 1.165) is 22.4 Å². The van der Waals surface area contributed by atoms with Crippen molar-refractivity contribution in [3.05, 3.63) is 65.5 Å². The van der Waals surface area contributed by atoms with Gasteiger partial charge >= 0.3 is 6.03 Å². The molecule has 11 heteroatoms. The van der Waals surface area contributed by atoms with Gasteiger partial charge in [-0.25, -0.2) is 9.78 Å². The maximum Gasteiger partial charge on any atom is 0.328 e. The quantitative estimate of drug-likeness (QED) is 0.439. The highest BCUT2D eigenvalue weighted by Crippen LogP contribution is 2.34. The fourth-order valence-corrected chi connectivity index (χ4v) is 5.17. The number of urea groups is 1. The third-order valence-electron chi connectivity index (χ3n) is 7.21. The molecule has 2 aliphatic rings. The van der Waals surface area contributed by atoms with Crippen molar-refractivity contribution in [2.45, 2.75) is 39.3 Å². The summed E-state index contributed by atoms with van der Waals surface area (Å²) in [5, 5.41) is 6.93. The molecule has 0 bridgehead atoms. The second-order valence-electron chi connectivity index (χ2n) is 10.0. The molecule has 1 atom stereocenters. The summed E-state index contributed by atoms with van der Waals surface area (Å²) in [6.45, 7) is 5.79. The second-order valence-corrected chi connectivity index (χ2v) is 10.0. The number of hydrogen-bond acceptors (Lipinski definition) is 6. The van der Waals surface area contributed by atoms with E-state index in [-0.39, 0.29) is 24.9 Å². The smallest absolute Gasteiger partial charge is 0.328 e. The van der Waals surface area contributed by atoms with Crippen LogP contribution in [0.2, 0.25) is 0 Å². The monoisotopic (exact) mass is 516 g/mol. The van der Waals surface area contributed by atoms with Crippen molar-refractivity contribution < 1.29 is 24.0 Å². The number of benzene rings is 2. The van der Waals surface area contributed by atoms with Crippen LogP contribution in [0, 0.1) is 5.41 Å². The Balaban J connectivity index is 1.37. The largest absolute Gasteiger partial charge is 0.346 e. The molecule has 1 spiro atoms. The van der Waals surface area contributed by atoms with Crippen LogP contribution >= 0.6 is 0 Å². The molecule has 2 fully saturated rings. The molecule has 2 aliphatic heterocycles. The molecule has 6 amide bonds. The van der Waals surface area contributed by atoms with Gasteiger partial charge in [0, 0.05) is 38.0 Å². The highest BCUT2D eigenvalue weighted by molar-refractivity contribution is 6.20. The lowest BCUT2D eigenvalue weighted by molar-refractivity contribution is -0.144. The molecular weight excluding hydrogens is 488 g/mol. The Labute approximate surface area is 218 Å². The zero-order chi connectivity index (χ0) is 27.2. The lowest BCUT2D eigenvalue weighted by Gasteiger charge is -2.34. The van der Waals surface area contributed by atoms with Gasteiger partial charge in [0.25, 0.3) is 5.91 Å². The van der Waals surface area contributed by atoms with Crippen LogP contribution in [0.4, 0.5) is 4.79 Å². The zero-order valence-corrected chi connectivity index (χ0v) is 21.3. The number of carbonyl (C=O) groups excluding carboxylic acids is 5. The maximum absolute atomic E-state index is 13.2. The lowest BCUT2D eigenvalue weighted by Crippen LogP contribution is -2.69. The third-order valence-corrected chi connectivity index (χ3v) is 7.21. The number of likely N-dealkylation sites (tertiary alicyclic amines) is 1. The van der Waals surface area contributed by atoms with Crippen molar-refractivity contribution >= 4 is 40.7 Å². The fourth-order valence-electron chi connectivity index (χ4n) is 5.17. The van der Waals surface area contributed by atoms with E-state index >= 15 is 0 Å². The van der Waals surface area contributed by atoms with Gasteiger partial charge in [0.2, 0.25) is 17.7 Å². The number of barbiturate groups is 1. The van der Waals surface area contributed by atoms with E-state index in [1.54, 1.807) is 12.1 Å². The van der Waals surface area contributed by atoms with Gasteiger partial charge < -0.3 is 14.8 Å². The van der Waals surface area contributed by atoms with E-state index in [1.165, 1.54) is 11.8 Å². The van der Waals surface area contributed by atoms with Gasteiger partial charge in [-0.1, -0.05) is 38.1 Å². The summed E-state index contributed by atoms with van der Waals surface area (Å²) in [5.41, 5.74) is 1.45. The molecular formula is C27H28N6O5. The summed E-state index contributed by atoms with van der Waals surface area (Å²) in [4.78, 5) is 68.5. The Bertz CT molecular complexity index is 1450. The number of amides is 6. The fraction of sp³-hybridized carbons (Fsp3) is 0.333. The molecule has 38 heavy (non-hydrogen) atoms. The van der Waals surface area contributed by atoms with Crippen molar-refractivity contribution in [1.29, 1.82) is 0 Å². The first kappa shape index (κ1) is 25.1. The third kappa shape index (κ3) is 4.19. The maximum atomic E-state index is 13.2. The molecule has 1 unspecified atom stereocenters. The van der Waals surface area contributed by atoms with E-state index in [2.05, 4.69) is 34.4 Å². The van der Waals surface area contributed by atoms with E-state index in [4.69, 9.17) is 4.98 Å². The van der Waals surface area contributed by atoms with Crippen LogP contribution in [-0.4, -0.2) is 63.2 Å². The van der Waals surface area contributed by atoms with Crippen molar-refractivity contribution in [2.75, 3.05) is 13.1 Å². The van der Waals surface area contributed by atoms with Crippen LogP contribution in [-0.2, 0) is 20.9 Å². The van der Waals surface area contributed by atoms with Crippen LogP contribution in [0.1, 0.15) is 48.4 Å². The first-order chi connectivity index (χ1) is 18.1. The number of para-hydroxylation sites is 2. The van der Waals surface area contributed by atoms with Gasteiger partial charge in [-0.3, -0.25) is 29.8 Å². The molecule has 5 rings (SSSR count).